The van der Waals surface area contributed by atoms with Crippen LogP contribution in [0.3, 0.4) is 0 Å². The minimum absolute atomic E-state index is 0.0140. The van der Waals surface area contributed by atoms with Crippen molar-refractivity contribution >= 4 is 29.0 Å². The van der Waals surface area contributed by atoms with E-state index < -0.39 is 11.9 Å². The summed E-state index contributed by atoms with van der Waals surface area (Å²) < 4.78 is 43.7. The zero-order valence-electron chi connectivity index (χ0n) is 24.6. The smallest absolute Gasteiger partial charge is 0.356 e. The van der Waals surface area contributed by atoms with Crippen LogP contribution in [-0.4, -0.2) is 55.1 Å². The van der Waals surface area contributed by atoms with Crippen molar-refractivity contribution in [2.75, 3.05) is 18.4 Å². The number of amides is 2. The lowest BCUT2D eigenvalue weighted by Gasteiger charge is -2.13. The van der Waals surface area contributed by atoms with Crippen LogP contribution < -0.4 is 21.7 Å². The summed E-state index contributed by atoms with van der Waals surface area (Å²) in [5, 5.41) is 21.5. The summed E-state index contributed by atoms with van der Waals surface area (Å²) in [6.45, 7) is 2.44. The third kappa shape index (κ3) is 7.07. The second kappa shape index (κ2) is 13.3. The van der Waals surface area contributed by atoms with Crippen molar-refractivity contribution in [3.8, 4) is 17.3 Å². The van der Waals surface area contributed by atoms with E-state index >= 15 is 0 Å². The molecule has 1 aliphatic carbocycles. The summed E-state index contributed by atoms with van der Waals surface area (Å²) in [4.78, 5) is 33.8. The van der Waals surface area contributed by atoms with Crippen LogP contribution in [0.4, 0.5) is 24.7 Å². The number of rotatable bonds is 11. The van der Waals surface area contributed by atoms with Crippen molar-refractivity contribution in [3.63, 3.8) is 0 Å². The van der Waals surface area contributed by atoms with Crippen LogP contribution >= 0.6 is 0 Å². The Balaban J connectivity index is 1.26. The second-order valence-corrected chi connectivity index (χ2v) is 10.9. The molecule has 3 heterocycles. The van der Waals surface area contributed by atoms with Crippen molar-refractivity contribution in [3.05, 3.63) is 59.8 Å². The van der Waals surface area contributed by atoms with E-state index in [-0.39, 0.29) is 47.2 Å². The molecule has 15 heteroatoms. The zero-order chi connectivity index (χ0) is 32.1. The standard InChI is InChI=1S/C30H33F3N10O2/c1-2-18-15-21(6-7-22(18)29(45)38-10-3-9-37-28(44)19-4-5-20(35)14-19)40-26-27-39-16-24(43(27)13-11-36-26)23-17-42(12-8-34)41-25(23)30(31,32)33/h6-7,11,13,15-17,19-20H,2-5,9-10,12,14,35H2,1H3,(H,36,40)(H,37,44)(H,38,45)/t19-,20+/m0/s1. The molecule has 4 aromatic rings. The number of nitrogens with zero attached hydrogens (tertiary/aromatic N) is 6. The molecule has 0 aliphatic heterocycles. The van der Waals surface area contributed by atoms with E-state index in [1.165, 1.54) is 29.2 Å². The van der Waals surface area contributed by atoms with Gasteiger partial charge in [-0.05, 0) is 55.9 Å². The number of aromatic nitrogens is 5. The van der Waals surface area contributed by atoms with Crippen molar-refractivity contribution < 1.29 is 22.8 Å². The van der Waals surface area contributed by atoms with Gasteiger partial charge < -0.3 is 21.7 Å². The van der Waals surface area contributed by atoms with E-state index in [9.17, 15) is 22.8 Å². The summed E-state index contributed by atoms with van der Waals surface area (Å²) in [6, 6.07) is 7.09. The number of carbonyl (C=O) groups is 2. The number of imidazole rings is 1. The van der Waals surface area contributed by atoms with Gasteiger partial charge in [0.15, 0.2) is 17.2 Å². The molecule has 3 aromatic heterocycles. The number of hydrogen-bond acceptors (Lipinski definition) is 8. The molecule has 1 fully saturated rings. The molecule has 0 spiro atoms. The van der Waals surface area contributed by atoms with Gasteiger partial charge >= 0.3 is 6.18 Å². The van der Waals surface area contributed by atoms with Gasteiger partial charge in [0, 0.05) is 54.9 Å². The third-order valence-corrected chi connectivity index (χ3v) is 7.74. The van der Waals surface area contributed by atoms with Crippen LogP contribution in [0.1, 0.15) is 54.2 Å². The van der Waals surface area contributed by atoms with Gasteiger partial charge in [-0.15, -0.1) is 0 Å². The average molecular weight is 623 g/mol. The first kappa shape index (κ1) is 31.5. The highest BCUT2D eigenvalue weighted by atomic mass is 19.4. The normalized spacial score (nSPS) is 16.4. The maximum Gasteiger partial charge on any atom is 0.435 e. The summed E-state index contributed by atoms with van der Waals surface area (Å²) in [5.41, 5.74) is 6.86. The van der Waals surface area contributed by atoms with Crippen LogP contribution in [-0.2, 0) is 23.9 Å². The third-order valence-electron chi connectivity index (χ3n) is 7.74. The quantitative estimate of drug-likeness (QED) is 0.183. The number of halogens is 3. The molecular weight excluding hydrogens is 589 g/mol. The summed E-state index contributed by atoms with van der Waals surface area (Å²) in [5.74, 6) is 0.0406. The topological polar surface area (TPSA) is 168 Å². The Kier molecular flexibility index (Phi) is 9.33. The molecule has 1 aliphatic rings. The first-order valence-electron chi connectivity index (χ1n) is 14.6. The number of hydrogen-bond donors (Lipinski definition) is 4. The molecule has 0 saturated heterocycles. The van der Waals surface area contributed by atoms with Gasteiger partial charge in [-0.25, -0.2) is 9.97 Å². The van der Waals surface area contributed by atoms with Crippen molar-refractivity contribution in [2.45, 2.75) is 57.8 Å². The fraction of sp³-hybridized carbons (Fsp3) is 0.400. The number of nitrogens with one attached hydrogen (secondary N) is 3. The van der Waals surface area contributed by atoms with E-state index in [0.717, 1.165) is 23.1 Å². The molecule has 0 radical (unpaired) electrons. The lowest BCUT2D eigenvalue weighted by Crippen LogP contribution is -2.33. The molecule has 2 atom stereocenters. The molecule has 0 unspecified atom stereocenters. The number of benzene rings is 1. The van der Waals surface area contributed by atoms with E-state index in [1.807, 2.05) is 13.0 Å². The Labute approximate surface area is 256 Å². The Bertz CT molecular complexity index is 1740. The lowest BCUT2D eigenvalue weighted by atomic mass is 10.0. The predicted octanol–water partition coefficient (Wildman–Crippen LogP) is 3.80. The number of carbonyl (C=O) groups excluding carboxylic acids is 2. The largest absolute Gasteiger partial charge is 0.435 e. The van der Waals surface area contributed by atoms with Crippen LogP contribution in [0.5, 0.6) is 0 Å². The van der Waals surface area contributed by atoms with Crippen molar-refractivity contribution in [1.29, 1.82) is 5.26 Å². The van der Waals surface area contributed by atoms with Crippen LogP contribution in [0.2, 0.25) is 0 Å². The summed E-state index contributed by atoms with van der Waals surface area (Å²) in [7, 11) is 0. The van der Waals surface area contributed by atoms with E-state index in [4.69, 9.17) is 11.0 Å². The number of alkyl halides is 3. The van der Waals surface area contributed by atoms with Crippen LogP contribution in [0.15, 0.2) is 43.0 Å². The number of fused-ring (bicyclic) bond motifs is 1. The highest BCUT2D eigenvalue weighted by molar-refractivity contribution is 5.96. The number of aryl methyl sites for hydroxylation is 1. The molecule has 1 saturated carbocycles. The number of anilines is 2. The Morgan fingerprint density at radius 3 is 2.69 bits per heavy atom. The van der Waals surface area contributed by atoms with Crippen LogP contribution in [0.25, 0.3) is 16.9 Å². The SMILES string of the molecule is CCc1cc(Nc2nccn3c(-c4cn(CC#N)nc4C(F)(F)F)cnc23)ccc1C(=O)NCCCNC(=O)[C@H]1CC[C@@H](N)C1. The Morgan fingerprint density at radius 1 is 1.18 bits per heavy atom. The van der Waals surface area contributed by atoms with Gasteiger partial charge in [0.2, 0.25) is 5.91 Å². The first-order valence-corrected chi connectivity index (χ1v) is 14.6. The monoisotopic (exact) mass is 622 g/mol. The molecule has 2 amide bonds. The Morgan fingerprint density at radius 2 is 1.98 bits per heavy atom. The summed E-state index contributed by atoms with van der Waals surface area (Å²) in [6.07, 6.45) is 4.19. The molecule has 236 valence electrons. The number of nitriles is 1. The minimum Gasteiger partial charge on any atom is -0.356 e. The van der Waals surface area contributed by atoms with Gasteiger partial charge in [-0.1, -0.05) is 6.92 Å². The zero-order valence-corrected chi connectivity index (χ0v) is 24.6. The number of nitrogens with two attached hydrogens (primary N) is 1. The molecule has 5 N–H and O–H groups in total. The molecular formula is C30H33F3N10O2. The van der Waals surface area contributed by atoms with E-state index in [1.54, 1.807) is 18.2 Å². The van der Waals surface area contributed by atoms with Gasteiger partial charge in [0.1, 0.15) is 6.54 Å². The average Bonchev–Trinajstić information content (AvgIpc) is 3.75. The van der Waals surface area contributed by atoms with E-state index in [0.29, 0.717) is 49.4 Å². The van der Waals surface area contributed by atoms with Gasteiger partial charge in [0.05, 0.1) is 23.5 Å². The fourth-order valence-corrected chi connectivity index (χ4v) is 5.50. The highest BCUT2D eigenvalue weighted by Crippen LogP contribution is 2.37. The lowest BCUT2D eigenvalue weighted by molar-refractivity contribution is -0.141. The van der Waals surface area contributed by atoms with Crippen LogP contribution in [0, 0.1) is 17.2 Å². The first-order chi connectivity index (χ1) is 21.6. The van der Waals surface area contributed by atoms with Gasteiger partial charge in [-0.2, -0.15) is 23.5 Å². The Hall–Kier alpha value is -4.97. The highest BCUT2D eigenvalue weighted by Gasteiger charge is 2.38. The fourth-order valence-electron chi connectivity index (χ4n) is 5.50. The second-order valence-electron chi connectivity index (χ2n) is 10.9. The minimum atomic E-state index is -4.74. The summed E-state index contributed by atoms with van der Waals surface area (Å²) >= 11 is 0. The maximum absolute atomic E-state index is 13.8. The van der Waals surface area contributed by atoms with Gasteiger partial charge in [-0.3, -0.25) is 18.7 Å². The van der Waals surface area contributed by atoms with Crippen molar-refractivity contribution in [2.24, 2.45) is 11.7 Å². The maximum atomic E-state index is 13.8. The predicted molar refractivity (Wildman–Crippen MR) is 159 cm³/mol. The van der Waals surface area contributed by atoms with E-state index in [2.05, 4.69) is 31.0 Å². The molecule has 5 rings (SSSR count). The molecule has 1 aromatic carbocycles. The van der Waals surface area contributed by atoms with Crippen molar-refractivity contribution in [1.82, 2.24) is 34.8 Å². The molecule has 12 nitrogen and oxygen atoms in total. The molecule has 45 heavy (non-hydrogen) atoms. The molecule has 0 bridgehead atoms. The van der Waals surface area contributed by atoms with Gasteiger partial charge in [0.25, 0.3) is 5.91 Å².